The largest absolute Gasteiger partial charge is 0.375 e. The van der Waals surface area contributed by atoms with E-state index in [-0.39, 0.29) is 0 Å². The van der Waals surface area contributed by atoms with Crippen LogP contribution in [-0.2, 0) is 0 Å². The van der Waals surface area contributed by atoms with Crippen molar-refractivity contribution in [1.29, 1.82) is 0 Å². The average Bonchev–Trinajstić information content (AvgIpc) is 2.11. The SMILES string of the molecule is CC(C)[CH2][Al]([CH2]C(C)C)[N]1C(C)(C)CCCC1(C)C. The molecule has 0 spiro atoms. The van der Waals surface area contributed by atoms with Crippen molar-refractivity contribution in [2.45, 2.75) is 96.3 Å². The zero-order chi connectivity index (χ0) is 14.8. The third-order valence-electron chi connectivity index (χ3n) is 4.73. The summed E-state index contributed by atoms with van der Waals surface area (Å²) in [6.07, 6.45) is 4.17. The van der Waals surface area contributed by atoms with Crippen LogP contribution in [0.5, 0.6) is 0 Å². The molecule has 1 heterocycles. The molecule has 0 aromatic carbocycles. The van der Waals surface area contributed by atoms with E-state index in [1.165, 1.54) is 29.8 Å². The summed E-state index contributed by atoms with van der Waals surface area (Å²) in [6.45, 7) is 19.6. The van der Waals surface area contributed by atoms with Crippen LogP contribution in [0.4, 0.5) is 0 Å². The predicted molar refractivity (Wildman–Crippen MR) is 88.9 cm³/mol. The lowest BCUT2D eigenvalue weighted by Crippen LogP contribution is -2.64. The van der Waals surface area contributed by atoms with Crippen molar-refractivity contribution in [2.24, 2.45) is 11.8 Å². The van der Waals surface area contributed by atoms with Crippen LogP contribution in [0.3, 0.4) is 0 Å². The highest BCUT2D eigenvalue weighted by atomic mass is 27.2. The Morgan fingerprint density at radius 1 is 0.842 bits per heavy atom. The highest BCUT2D eigenvalue weighted by Gasteiger charge is 2.46. The Bertz CT molecular complexity index is 255. The highest BCUT2D eigenvalue weighted by molar-refractivity contribution is 6.56. The van der Waals surface area contributed by atoms with Gasteiger partial charge in [0.2, 0.25) is 0 Å². The number of rotatable bonds is 5. The first-order valence-corrected chi connectivity index (χ1v) is 10.5. The molecule has 1 rings (SSSR count). The molecule has 0 aromatic rings. The van der Waals surface area contributed by atoms with Gasteiger partial charge in [-0.3, -0.25) is 0 Å². The molecule has 0 saturated carbocycles. The summed E-state index contributed by atoms with van der Waals surface area (Å²) < 4.78 is 3.02. The van der Waals surface area contributed by atoms with Gasteiger partial charge in [-0.15, -0.1) is 0 Å². The fourth-order valence-corrected chi connectivity index (χ4v) is 9.42. The maximum atomic E-state index is 3.02. The minimum Gasteiger partial charge on any atom is -0.375 e. The number of nitrogens with zero attached hydrogens (tertiary/aromatic N) is 1. The second-order valence-corrected chi connectivity index (χ2v) is 11.5. The second-order valence-electron chi connectivity index (χ2n) is 8.76. The Kier molecular flexibility index (Phi) is 6.01. The number of hydrogen-bond acceptors (Lipinski definition) is 1. The Hall–Kier alpha value is 0.492. The standard InChI is InChI=1S/C9H18N.2C4H9.Al/c1-8(2)6-5-7-9(3,4)10-8;2*1-4(2)3;/h5-7H2,1-4H3;2*4H,1H2,2-3H3;/q-1;;;+1. The quantitative estimate of drug-likeness (QED) is 0.615. The minimum absolute atomic E-state index is 0.419. The van der Waals surface area contributed by atoms with E-state index in [1.54, 1.807) is 0 Å². The van der Waals surface area contributed by atoms with E-state index in [0.717, 1.165) is 11.8 Å². The van der Waals surface area contributed by atoms with Gasteiger partial charge in [-0.25, -0.2) is 0 Å². The van der Waals surface area contributed by atoms with Gasteiger partial charge < -0.3 is 3.88 Å². The van der Waals surface area contributed by atoms with Gasteiger partial charge >= 0.3 is 14.4 Å². The van der Waals surface area contributed by atoms with Crippen LogP contribution in [0, 0.1) is 11.8 Å². The number of piperidine rings is 1. The van der Waals surface area contributed by atoms with E-state index in [0.29, 0.717) is 11.1 Å². The second kappa shape index (κ2) is 6.51. The van der Waals surface area contributed by atoms with Gasteiger partial charge in [0, 0.05) is 0 Å². The van der Waals surface area contributed by atoms with Crippen molar-refractivity contribution in [3.05, 3.63) is 0 Å². The molecule has 1 nitrogen and oxygen atoms in total. The van der Waals surface area contributed by atoms with Gasteiger partial charge in [-0.2, -0.15) is 0 Å². The fraction of sp³-hybridized carbons (Fsp3) is 1.00. The molecule has 112 valence electrons. The molecule has 0 N–H and O–H groups in total. The molecule has 0 aliphatic carbocycles. The van der Waals surface area contributed by atoms with Crippen LogP contribution in [0.2, 0.25) is 10.6 Å². The molecule has 1 saturated heterocycles. The van der Waals surface area contributed by atoms with Gasteiger partial charge in [-0.1, -0.05) is 50.1 Å². The van der Waals surface area contributed by atoms with Crippen molar-refractivity contribution in [2.75, 3.05) is 0 Å². The third kappa shape index (κ3) is 4.76. The van der Waals surface area contributed by atoms with Gasteiger partial charge in [0.05, 0.1) is 0 Å². The Balaban J connectivity index is 3.00. The molecular formula is C17H36AlN. The molecular weight excluding hydrogens is 245 g/mol. The average molecular weight is 281 g/mol. The first-order valence-electron chi connectivity index (χ1n) is 8.35. The van der Waals surface area contributed by atoms with Gasteiger partial charge in [0.15, 0.2) is 0 Å². The van der Waals surface area contributed by atoms with Crippen LogP contribution in [-0.4, -0.2) is 29.3 Å². The zero-order valence-corrected chi connectivity index (χ0v) is 15.9. The molecule has 2 heteroatoms. The zero-order valence-electron chi connectivity index (χ0n) is 14.7. The van der Waals surface area contributed by atoms with Gasteiger partial charge in [0.25, 0.3) is 0 Å². The maximum absolute atomic E-state index is 3.02. The van der Waals surface area contributed by atoms with Crippen LogP contribution < -0.4 is 0 Å². The molecule has 0 aromatic heterocycles. The Morgan fingerprint density at radius 2 is 1.21 bits per heavy atom. The minimum atomic E-state index is -0.848. The van der Waals surface area contributed by atoms with Crippen LogP contribution in [0.1, 0.15) is 74.7 Å². The fourth-order valence-electron chi connectivity index (χ4n) is 4.40. The number of hydrogen-bond donors (Lipinski definition) is 0. The molecule has 1 aliphatic rings. The van der Waals surface area contributed by atoms with Crippen LogP contribution >= 0.6 is 0 Å². The lowest BCUT2D eigenvalue weighted by atomic mass is 9.83. The summed E-state index contributed by atoms with van der Waals surface area (Å²) >= 11 is -0.848. The molecule has 0 unspecified atom stereocenters. The molecule has 19 heavy (non-hydrogen) atoms. The van der Waals surface area contributed by atoms with E-state index >= 15 is 0 Å². The van der Waals surface area contributed by atoms with E-state index in [9.17, 15) is 0 Å². The smallest absolute Gasteiger partial charge is 0.374 e. The summed E-state index contributed by atoms with van der Waals surface area (Å²) in [5.41, 5.74) is 0.838. The van der Waals surface area contributed by atoms with Crippen LogP contribution in [0.15, 0.2) is 0 Å². The molecule has 0 radical (unpaired) electrons. The van der Waals surface area contributed by atoms with Crippen LogP contribution in [0.25, 0.3) is 0 Å². The summed E-state index contributed by atoms with van der Waals surface area (Å²) in [5.74, 6) is 1.70. The van der Waals surface area contributed by atoms with E-state index in [2.05, 4.69) is 59.3 Å². The Labute approximate surface area is 126 Å². The highest BCUT2D eigenvalue weighted by Crippen LogP contribution is 2.41. The summed E-state index contributed by atoms with van der Waals surface area (Å²) in [4.78, 5) is 0. The van der Waals surface area contributed by atoms with Crippen molar-refractivity contribution >= 4 is 14.4 Å². The van der Waals surface area contributed by atoms with Crippen molar-refractivity contribution in [1.82, 2.24) is 3.88 Å². The maximum Gasteiger partial charge on any atom is 0.374 e. The summed E-state index contributed by atoms with van der Waals surface area (Å²) in [6, 6.07) is 0. The molecule has 0 bridgehead atoms. The van der Waals surface area contributed by atoms with Gasteiger partial charge in [-0.05, 0) is 58.0 Å². The van der Waals surface area contributed by atoms with Gasteiger partial charge in [0.1, 0.15) is 0 Å². The van der Waals surface area contributed by atoms with Crippen molar-refractivity contribution in [3.8, 4) is 0 Å². The van der Waals surface area contributed by atoms with Crippen molar-refractivity contribution < 1.29 is 0 Å². The lowest BCUT2D eigenvalue weighted by molar-refractivity contribution is 0.0468. The molecule has 0 atom stereocenters. The summed E-state index contributed by atoms with van der Waals surface area (Å²) in [7, 11) is 0. The third-order valence-corrected chi connectivity index (χ3v) is 9.84. The predicted octanol–water partition coefficient (Wildman–Crippen LogP) is 5.33. The Morgan fingerprint density at radius 3 is 1.53 bits per heavy atom. The molecule has 1 aliphatic heterocycles. The van der Waals surface area contributed by atoms with Crippen molar-refractivity contribution in [3.63, 3.8) is 0 Å². The van der Waals surface area contributed by atoms with E-state index in [4.69, 9.17) is 0 Å². The molecule has 1 fully saturated rings. The lowest BCUT2D eigenvalue weighted by Gasteiger charge is -2.57. The first-order chi connectivity index (χ1) is 8.56. The van der Waals surface area contributed by atoms with E-state index < -0.39 is 14.4 Å². The topological polar surface area (TPSA) is 3.24 Å². The normalized spacial score (nSPS) is 23.1. The molecule has 0 amide bonds. The monoisotopic (exact) mass is 281 g/mol. The first kappa shape index (κ1) is 17.5. The van der Waals surface area contributed by atoms with E-state index in [1.807, 2.05) is 0 Å². The summed E-state index contributed by atoms with van der Waals surface area (Å²) in [5, 5.41) is 2.95.